The van der Waals surface area contributed by atoms with Crippen molar-refractivity contribution in [1.82, 2.24) is 4.90 Å². The largest absolute Gasteiger partial charge is 0.396 e. The second-order valence-electron chi connectivity index (χ2n) is 6.45. The number of rotatable bonds is 5. The van der Waals surface area contributed by atoms with Gasteiger partial charge in [-0.1, -0.05) is 27.7 Å². The summed E-state index contributed by atoms with van der Waals surface area (Å²) in [4.78, 5) is 2.61. The number of aliphatic hydroxyl groups excluding tert-OH is 1. The van der Waals surface area contributed by atoms with Gasteiger partial charge in [0.15, 0.2) is 0 Å². The zero-order valence-corrected chi connectivity index (χ0v) is 11.5. The molecular weight excluding hydrogens is 198 g/mol. The van der Waals surface area contributed by atoms with Crippen LogP contribution in [0.4, 0.5) is 0 Å². The minimum absolute atomic E-state index is 0.347. The molecule has 1 saturated heterocycles. The van der Waals surface area contributed by atoms with E-state index in [-0.39, 0.29) is 0 Å². The van der Waals surface area contributed by atoms with Gasteiger partial charge in [-0.05, 0) is 49.6 Å². The third-order valence-corrected chi connectivity index (χ3v) is 4.03. The Bertz CT molecular complexity index is 201. The van der Waals surface area contributed by atoms with E-state index in [1.807, 2.05) is 0 Å². The molecule has 1 heterocycles. The standard InChI is InChI=1S/C14H29NO/c1-12(2)5-8-15-9-6-13(7-10-16)14(3,4)11-15/h12-13,16H,5-11H2,1-4H3. The van der Waals surface area contributed by atoms with Gasteiger partial charge in [0.1, 0.15) is 0 Å². The third kappa shape index (κ3) is 4.06. The SMILES string of the molecule is CC(C)CCN1CCC(CCO)C(C)(C)C1. The molecule has 0 bridgehead atoms. The fourth-order valence-corrected chi connectivity index (χ4v) is 2.84. The molecule has 96 valence electrons. The summed E-state index contributed by atoms with van der Waals surface area (Å²) in [6.07, 6.45) is 3.54. The van der Waals surface area contributed by atoms with E-state index in [0.717, 1.165) is 12.3 Å². The number of likely N-dealkylation sites (tertiary alicyclic amines) is 1. The van der Waals surface area contributed by atoms with Crippen molar-refractivity contribution in [3.63, 3.8) is 0 Å². The fraction of sp³-hybridized carbons (Fsp3) is 1.00. The van der Waals surface area contributed by atoms with E-state index in [9.17, 15) is 0 Å². The first-order valence-electron chi connectivity index (χ1n) is 6.79. The van der Waals surface area contributed by atoms with Gasteiger partial charge in [0.25, 0.3) is 0 Å². The normalized spacial score (nSPS) is 26.2. The van der Waals surface area contributed by atoms with E-state index in [2.05, 4.69) is 32.6 Å². The molecule has 0 aliphatic carbocycles. The summed E-state index contributed by atoms with van der Waals surface area (Å²) in [5.74, 6) is 1.51. The Labute approximate surface area is 101 Å². The second kappa shape index (κ2) is 6.02. The molecule has 0 aromatic heterocycles. The zero-order valence-electron chi connectivity index (χ0n) is 11.5. The van der Waals surface area contributed by atoms with E-state index in [4.69, 9.17) is 5.11 Å². The van der Waals surface area contributed by atoms with Crippen LogP contribution in [0.5, 0.6) is 0 Å². The van der Waals surface area contributed by atoms with E-state index in [1.54, 1.807) is 0 Å². The average Bonchev–Trinajstić information content (AvgIpc) is 2.18. The topological polar surface area (TPSA) is 23.5 Å². The number of hydrogen-bond acceptors (Lipinski definition) is 2. The van der Waals surface area contributed by atoms with Crippen LogP contribution in [0.25, 0.3) is 0 Å². The summed E-state index contributed by atoms with van der Waals surface area (Å²) in [5.41, 5.74) is 0.373. The molecule has 1 aliphatic heterocycles. The maximum absolute atomic E-state index is 9.08. The van der Waals surface area contributed by atoms with E-state index in [0.29, 0.717) is 17.9 Å². The van der Waals surface area contributed by atoms with Gasteiger partial charge < -0.3 is 10.0 Å². The van der Waals surface area contributed by atoms with Crippen molar-refractivity contribution in [3.05, 3.63) is 0 Å². The molecule has 1 atom stereocenters. The molecule has 2 heteroatoms. The Kier molecular flexibility index (Phi) is 5.26. The average molecular weight is 227 g/mol. The van der Waals surface area contributed by atoms with Crippen LogP contribution in [0.3, 0.4) is 0 Å². The molecule has 0 spiro atoms. The predicted octanol–water partition coefficient (Wildman–Crippen LogP) is 2.76. The number of nitrogens with zero attached hydrogens (tertiary/aromatic N) is 1. The van der Waals surface area contributed by atoms with Crippen molar-refractivity contribution in [2.24, 2.45) is 17.3 Å². The molecule has 1 unspecified atom stereocenters. The van der Waals surface area contributed by atoms with Crippen molar-refractivity contribution in [3.8, 4) is 0 Å². The molecule has 0 aromatic carbocycles. The summed E-state index contributed by atoms with van der Waals surface area (Å²) in [6.45, 7) is 13.3. The van der Waals surface area contributed by atoms with Crippen LogP contribution < -0.4 is 0 Å². The van der Waals surface area contributed by atoms with Gasteiger partial charge in [-0.15, -0.1) is 0 Å². The second-order valence-corrected chi connectivity index (χ2v) is 6.45. The zero-order chi connectivity index (χ0) is 12.2. The van der Waals surface area contributed by atoms with Crippen LogP contribution in [-0.2, 0) is 0 Å². The number of aliphatic hydroxyl groups is 1. The Morgan fingerprint density at radius 1 is 1.38 bits per heavy atom. The molecule has 16 heavy (non-hydrogen) atoms. The molecule has 1 aliphatic rings. The van der Waals surface area contributed by atoms with Gasteiger partial charge >= 0.3 is 0 Å². The van der Waals surface area contributed by atoms with E-state index >= 15 is 0 Å². The minimum atomic E-state index is 0.347. The van der Waals surface area contributed by atoms with Gasteiger partial charge in [0, 0.05) is 13.2 Å². The lowest BCUT2D eigenvalue weighted by molar-refractivity contribution is 0.0385. The van der Waals surface area contributed by atoms with Crippen LogP contribution in [0, 0.1) is 17.3 Å². The first-order valence-corrected chi connectivity index (χ1v) is 6.79. The highest BCUT2D eigenvalue weighted by Gasteiger charge is 2.34. The lowest BCUT2D eigenvalue weighted by Crippen LogP contribution is -2.46. The highest BCUT2D eigenvalue weighted by atomic mass is 16.3. The van der Waals surface area contributed by atoms with Crippen LogP contribution in [0.1, 0.15) is 47.0 Å². The lowest BCUT2D eigenvalue weighted by atomic mass is 9.72. The molecule has 0 saturated carbocycles. The summed E-state index contributed by atoms with van der Waals surface area (Å²) < 4.78 is 0. The van der Waals surface area contributed by atoms with Crippen molar-refractivity contribution in [1.29, 1.82) is 0 Å². The Morgan fingerprint density at radius 3 is 2.56 bits per heavy atom. The molecule has 0 radical (unpaired) electrons. The molecule has 1 fully saturated rings. The highest BCUT2D eigenvalue weighted by molar-refractivity contribution is 4.87. The molecule has 2 nitrogen and oxygen atoms in total. The Balaban J connectivity index is 2.40. The molecule has 0 aromatic rings. The Hall–Kier alpha value is -0.0800. The van der Waals surface area contributed by atoms with Gasteiger partial charge in [-0.25, -0.2) is 0 Å². The number of piperidine rings is 1. The quantitative estimate of drug-likeness (QED) is 0.780. The van der Waals surface area contributed by atoms with Crippen LogP contribution in [0.2, 0.25) is 0 Å². The summed E-state index contributed by atoms with van der Waals surface area (Å²) in [7, 11) is 0. The molecular formula is C14H29NO. The summed E-state index contributed by atoms with van der Waals surface area (Å²) >= 11 is 0. The molecule has 1 rings (SSSR count). The van der Waals surface area contributed by atoms with Crippen LogP contribution in [-0.4, -0.2) is 36.2 Å². The molecule has 1 N–H and O–H groups in total. The van der Waals surface area contributed by atoms with E-state index < -0.39 is 0 Å². The van der Waals surface area contributed by atoms with Gasteiger partial charge in [-0.3, -0.25) is 0 Å². The maximum Gasteiger partial charge on any atom is 0.0433 e. The summed E-state index contributed by atoms with van der Waals surface area (Å²) in [6, 6.07) is 0. The summed E-state index contributed by atoms with van der Waals surface area (Å²) in [5, 5.41) is 9.08. The van der Waals surface area contributed by atoms with Crippen molar-refractivity contribution in [2.45, 2.75) is 47.0 Å². The number of hydrogen-bond donors (Lipinski definition) is 1. The van der Waals surface area contributed by atoms with Gasteiger partial charge in [-0.2, -0.15) is 0 Å². The van der Waals surface area contributed by atoms with Crippen molar-refractivity contribution >= 4 is 0 Å². The van der Waals surface area contributed by atoms with Crippen LogP contribution >= 0.6 is 0 Å². The van der Waals surface area contributed by atoms with Gasteiger partial charge in [0.2, 0.25) is 0 Å². The third-order valence-electron chi connectivity index (χ3n) is 4.03. The van der Waals surface area contributed by atoms with Crippen molar-refractivity contribution in [2.75, 3.05) is 26.2 Å². The van der Waals surface area contributed by atoms with Crippen molar-refractivity contribution < 1.29 is 5.11 Å². The highest BCUT2D eigenvalue weighted by Crippen LogP contribution is 2.36. The monoisotopic (exact) mass is 227 g/mol. The first-order chi connectivity index (χ1) is 7.45. The molecule has 0 amide bonds. The first kappa shape index (κ1) is 14.0. The maximum atomic E-state index is 9.08. The van der Waals surface area contributed by atoms with Gasteiger partial charge in [0.05, 0.1) is 0 Å². The predicted molar refractivity (Wildman–Crippen MR) is 69.5 cm³/mol. The Morgan fingerprint density at radius 2 is 2.06 bits per heavy atom. The minimum Gasteiger partial charge on any atom is -0.396 e. The lowest BCUT2D eigenvalue weighted by Gasteiger charge is -2.44. The smallest absolute Gasteiger partial charge is 0.0433 e. The van der Waals surface area contributed by atoms with E-state index in [1.165, 1.54) is 32.5 Å². The van der Waals surface area contributed by atoms with Crippen LogP contribution in [0.15, 0.2) is 0 Å². The fourth-order valence-electron chi connectivity index (χ4n) is 2.84.